The molecular weight excluding hydrogens is 442 g/mol. The number of aliphatic hydroxyl groups is 1. The van der Waals surface area contributed by atoms with Crippen molar-refractivity contribution in [2.24, 2.45) is 5.73 Å². The fourth-order valence-corrected chi connectivity index (χ4v) is 4.72. The van der Waals surface area contributed by atoms with E-state index in [9.17, 15) is 5.11 Å². The van der Waals surface area contributed by atoms with Crippen molar-refractivity contribution in [2.75, 3.05) is 37.6 Å². The summed E-state index contributed by atoms with van der Waals surface area (Å²) in [5, 5.41) is 9.41. The van der Waals surface area contributed by atoms with E-state index in [-0.39, 0.29) is 18.8 Å². The third kappa shape index (κ3) is 5.86. The molecule has 3 N–H and O–H groups in total. The molecule has 2 aliphatic heterocycles. The number of anilines is 1. The molecule has 3 aromatic rings. The minimum atomic E-state index is -0.442. The van der Waals surface area contributed by atoms with Crippen LogP contribution in [0.4, 0.5) is 5.95 Å². The zero-order valence-corrected chi connectivity index (χ0v) is 19.9. The van der Waals surface area contributed by atoms with Crippen molar-refractivity contribution in [1.82, 2.24) is 14.9 Å². The number of hydrogen-bond donors (Lipinski definition) is 2. The highest BCUT2D eigenvalue weighted by Crippen LogP contribution is 2.38. The van der Waals surface area contributed by atoms with Gasteiger partial charge in [0.15, 0.2) is 6.29 Å². The number of ether oxygens (including phenoxy) is 2. The first kappa shape index (κ1) is 23.8. The highest BCUT2D eigenvalue weighted by molar-refractivity contribution is 5.29. The fourth-order valence-electron chi connectivity index (χ4n) is 4.72. The van der Waals surface area contributed by atoms with E-state index in [4.69, 9.17) is 15.2 Å². The van der Waals surface area contributed by atoms with Crippen molar-refractivity contribution in [3.63, 3.8) is 0 Å². The van der Waals surface area contributed by atoms with Gasteiger partial charge in [0.05, 0.1) is 18.8 Å². The molecule has 0 radical (unpaired) electrons. The van der Waals surface area contributed by atoms with Gasteiger partial charge in [-0.1, -0.05) is 48.5 Å². The van der Waals surface area contributed by atoms with E-state index < -0.39 is 6.29 Å². The molecule has 3 heterocycles. The van der Waals surface area contributed by atoms with Crippen LogP contribution in [0.15, 0.2) is 67.0 Å². The number of aromatic nitrogens is 2. The highest BCUT2D eigenvalue weighted by Gasteiger charge is 2.33. The van der Waals surface area contributed by atoms with E-state index in [1.54, 1.807) is 12.4 Å². The van der Waals surface area contributed by atoms with Crippen LogP contribution in [0.3, 0.4) is 0 Å². The fraction of sp³-hybridized carbons (Fsp3) is 0.407. The van der Waals surface area contributed by atoms with Gasteiger partial charge in [-0.2, -0.15) is 0 Å². The number of hydrogen-bond acceptors (Lipinski definition) is 8. The summed E-state index contributed by atoms with van der Waals surface area (Å²) < 4.78 is 12.9. The van der Waals surface area contributed by atoms with Crippen LogP contribution >= 0.6 is 0 Å². The molecule has 5 rings (SSSR count). The van der Waals surface area contributed by atoms with Crippen LogP contribution < -0.4 is 10.6 Å². The molecule has 0 unspecified atom stereocenters. The van der Waals surface area contributed by atoms with Gasteiger partial charge in [-0.25, -0.2) is 9.97 Å². The number of rotatable bonds is 7. The maximum atomic E-state index is 9.41. The number of nitrogens with two attached hydrogens (primary N) is 1. The van der Waals surface area contributed by atoms with Crippen LogP contribution in [0.25, 0.3) is 0 Å². The SMILES string of the molecule is NCc1ccc([C@@H]2O[C@H](CN3CCN(c4ncccn4)CC3)C[C@H](c3ccc(CO)cc3)O2)cc1. The maximum Gasteiger partial charge on any atom is 0.225 e. The van der Waals surface area contributed by atoms with Crippen LogP contribution in [-0.2, 0) is 22.6 Å². The normalized spacial score (nSPS) is 23.4. The minimum Gasteiger partial charge on any atom is -0.392 e. The van der Waals surface area contributed by atoms with Crippen molar-refractivity contribution in [1.29, 1.82) is 0 Å². The maximum absolute atomic E-state index is 9.41. The summed E-state index contributed by atoms with van der Waals surface area (Å²) in [6.07, 6.45) is 3.86. The Labute approximate surface area is 206 Å². The van der Waals surface area contributed by atoms with E-state index in [0.29, 0.717) is 6.54 Å². The first-order valence-corrected chi connectivity index (χ1v) is 12.3. The smallest absolute Gasteiger partial charge is 0.225 e. The summed E-state index contributed by atoms with van der Waals surface area (Å²) >= 11 is 0. The first-order valence-electron chi connectivity index (χ1n) is 12.3. The van der Waals surface area contributed by atoms with Gasteiger partial charge in [-0.3, -0.25) is 4.90 Å². The van der Waals surface area contributed by atoms with E-state index >= 15 is 0 Å². The second-order valence-corrected chi connectivity index (χ2v) is 9.13. The van der Waals surface area contributed by atoms with E-state index in [1.165, 1.54) is 0 Å². The Hall–Kier alpha value is -2.88. The van der Waals surface area contributed by atoms with Gasteiger partial charge in [0.25, 0.3) is 0 Å². The topological polar surface area (TPSA) is 97.0 Å². The molecule has 184 valence electrons. The van der Waals surface area contributed by atoms with Crippen molar-refractivity contribution in [2.45, 2.75) is 38.1 Å². The van der Waals surface area contributed by atoms with Crippen molar-refractivity contribution < 1.29 is 14.6 Å². The lowest BCUT2D eigenvalue weighted by Crippen LogP contribution is -2.50. The summed E-state index contributed by atoms with van der Waals surface area (Å²) in [5.41, 5.74) is 9.85. The lowest BCUT2D eigenvalue weighted by atomic mass is 9.99. The quantitative estimate of drug-likeness (QED) is 0.539. The van der Waals surface area contributed by atoms with Crippen molar-refractivity contribution >= 4 is 5.95 Å². The second-order valence-electron chi connectivity index (χ2n) is 9.13. The van der Waals surface area contributed by atoms with Gasteiger partial charge in [0.1, 0.15) is 0 Å². The molecule has 0 amide bonds. The Balaban J connectivity index is 1.28. The number of aliphatic hydroxyl groups excluding tert-OH is 1. The zero-order chi connectivity index (χ0) is 24.0. The predicted molar refractivity (Wildman–Crippen MR) is 133 cm³/mol. The Morgan fingerprint density at radius 2 is 1.51 bits per heavy atom. The molecule has 2 aliphatic rings. The Morgan fingerprint density at radius 1 is 0.857 bits per heavy atom. The molecule has 8 nitrogen and oxygen atoms in total. The van der Waals surface area contributed by atoms with Crippen molar-refractivity contribution in [3.05, 3.63) is 89.2 Å². The molecule has 35 heavy (non-hydrogen) atoms. The lowest BCUT2D eigenvalue weighted by Gasteiger charge is -2.40. The number of piperazine rings is 1. The molecule has 0 spiro atoms. The standard InChI is InChI=1S/C27H33N5O3/c28-17-20-2-8-23(9-3-20)26-34-24(16-25(35-26)22-6-4-21(19-33)5-7-22)18-31-12-14-32(15-13-31)27-29-10-1-11-30-27/h1-11,24-26,33H,12-19,28H2/t24-,25+,26+/m0/s1. The Bertz CT molecular complexity index is 1000. The summed E-state index contributed by atoms with van der Waals surface area (Å²) in [5.74, 6) is 0.793. The summed E-state index contributed by atoms with van der Waals surface area (Å²) in [6.45, 7) is 5.04. The molecule has 1 aromatic heterocycles. The van der Waals surface area contributed by atoms with E-state index in [2.05, 4.69) is 19.8 Å². The third-order valence-electron chi connectivity index (χ3n) is 6.77. The lowest BCUT2D eigenvalue weighted by molar-refractivity contribution is -0.253. The average Bonchev–Trinajstić information content (AvgIpc) is 2.94. The zero-order valence-electron chi connectivity index (χ0n) is 19.9. The molecule has 2 fully saturated rings. The average molecular weight is 476 g/mol. The Morgan fingerprint density at radius 3 is 2.17 bits per heavy atom. The largest absolute Gasteiger partial charge is 0.392 e. The molecule has 0 aliphatic carbocycles. The molecule has 3 atom stereocenters. The van der Waals surface area contributed by atoms with Crippen molar-refractivity contribution in [3.8, 4) is 0 Å². The highest BCUT2D eigenvalue weighted by atomic mass is 16.7. The van der Waals surface area contributed by atoms with Crippen LogP contribution in [-0.4, -0.2) is 58.8 Å². The van der Waals surface area contributed by atoms with Gasteiger partial charge in [-0.15, -0.1) is 0 Å². The molecule has 2 saturated heterocycles. The number of benzene rings is 2. The van der Waals surface area contributed by atoms with Gasteiger partial charge in [0, 0.05) is 63.6 Å². The molecule has 8 heteroatoms. The first-order chi connectivity index (χ1) is 17.2. The van der Waals surface area contributed by atoms with Crippen LogP contribution in [0.1, 0.15) is 41.1 Å². The van der Waals surface area contributed by atoms with Gasteiger partial charge >= 0.3 is 0 Å². The van der Waals surface area contributed by atoms with E-state index in [1.807, 2.05) is 54.6 Å². The third-order valence-corrected chi connectivity index (χ3v) is 6.77. The molecule has 0 saturated carbocycles. The monoisotopic (exact) mass is 475 g/mol. The van der Waals surface area contributed by atoms with Crippen LogP contribution in [0.2, 0.25) is 0 Å². The van der Waals surface area contributed by atoms with Crippen LogP contribution in [0, 0.1) is 0 Å². The van der Waals surface area contributed by atoms with Gasteiger partial charge in [0.2, 0.25) is 5.95 Å². The Kier molecular flexibility index (Phi) is 7.66. The summed E-state index contributed by atoms with van der Waals surface area (Å²) in [7, 11) is 0. The second kappa shape index (κ2) is 11.2. The van der Waals surface area contributed by atoms with E-state index in [0.717, 1.165) is 67.3 Å². The minimum absolute atomic E-state index is 0.0324. The molecule has 0 bridgehead atoms. The van der Waals surface area contributed by atoms with Gasteiger partial charge < -0.3 is 25.2 Å². The van der Waals surface area contributed by atoms with Crippen LogP contribution in [0.5, 0.6) is 0 Å². The summed E-state index contributed by atoms with van der Waals surface area (Å²) in [6, 6.07) is 18.0. The molecular formula is C27H33N5O3. The predicted octanol–water partition coefficient (Wildman–Crippen LogP) is 2.80. The summed E-state index contributed by atoms with van der Waals surface area (Å²) in [4.78, 5) is 13.5. The number of nitrogens with zero attached hydrogens (tertiary/aromatic N) is 4. The van der Waals surface area contributed by atoms with Gasteiger partial charge in [-0.05, 0) is 22.8 Å². The molecule has 2 aromatic carbocycles.